The second-order valence-electron chi connectivity index (χ2n) is 4.05. The Bertz CT molecular complexity index is 162. The Morgan fingerprint density at radius 1 is 1.38 bits per heavy atom. The standard InChI is InChI=1S/C10H22N2O/c1-5-8(6-2)7-12-10(3,4)9(11)13/h8,12H,5-7H2,1-4H3,(H2,11,13). The lowest BCUT2D eigenvalue weighted by Gasteiger charge is -2.25. The normalized spacial score (nSPS) is 12.1. The third-order valence-corrected chi connectivity index (χ3v) is 2.60. The van der Waals surface area contributed by atoms with Crippen LogP contribution in [0.15, 0.2) is 0 Å². The summed E-state index contributed by atoms with van der Waals surface area (Å²) in [6.07, 6.45) is 2.27. The molecule has 0 radical (unpaired) electrons. The van der Waals surface area contributed by atoms with Crippen molar-refractivity contribution in [3.63, 3.8) is 0 Å². The summed E-state index contributed by atoms with van der Waals surface area (Å²) >= 11 is 0. The van der Waals surface area contributed by atoms with Crippen LogP contribution in [-0.4, -0.2) is 18.0 Å². The maximum Gasteiger partial charge on any atom is 0.237 e. The highest BCUT2D eigenvalue weighted by Crippen LogP contribution is 2.08. The second-order valence-corrected chi connectivity index (χ2v) is 4.05. The molecule has 0 aliphatic heterocycles. The molecular formula is C10H22N2O. The van der Waals surface area contributed by atoms with Crippen molar-refractivity contribution < 1.29 is 4.79 Å². The number of carbonyl (C=O) groups is 1. The van der Waals surface area contributed by atoms with Crippen LogP contribution >= 0.6 is 0 Å². The fraction of sp³-hybridized carbons (Fsp3) is 0.900. The van der Waals surface area contributed by atoms with Crippen molar-refractivity contribution in [2.75, 3.05) is 6.54 Å². The van der Waals surface area contributed by atoms with Gasteiger partial charge in [0.2, 0.25) is 5.91 Å². The highest BCUT2D eigenvalue weighted by Gasteiger charge is 2.24. The lowest BCUT2D eigenvalue weighted by molar-refractivity contribution is -0.123. The summed E-state index contributed by atoms with van der Waals surface area (Å²) in [4.78, 5) is 11.0. The van der Waals surface area contributed by atoms with Gasteiger partial charge in [-0.2, -0.15) is 0 Å². The first-order valence-corrected chi connectivity index (χ1v) is 4.99. The van der Waals surface area contributed by atoms with E-state index in [1.807, 2.05) is 13.8 Å². The first-order chi connectivity index (χ1) is 5.94. The maximum atomic E-state index is 11.0. The lowest BCUT2D eigenvalue weighted by Crippen LogP contribution is -2.51. The van der Waals surface area contributed by atoms with Crippen molar-refractivity contribution in [2.24, 2.45) is 11.7 Å². The van der Waals surface area contributed by atoms with E-state index in [1.54, 1.807) is 0 Å². The zero-order chi connectivity index (χ0) is 10.5. The van der Waals surface area contributed by atoms with Gasteiger partial charge in [0.05, 0.1) is 5.54 Å². The van der Waals surface area contributed by atoms with E-state index in [4.69, 9.17) is 5.73 Å². The van der Waals surface area contributed by atoms with Gasteiger partial charge in [0, 0.05) is 0 Å². The number of amides is 1. The molecule has 0 saturated carbocycles. The van der Waals surface area contributed by atoms with Gasteiger partial charge in [-0.05, 0) is 26.3 Å². The van der Waals surface area contributed by atoms with Crippen LogP contribution in [0.4, 0.5) is 0 Å². The van der Waals surface area contributed by atoms with Gasteiger partial charge in [0.15, 0.2) is 0 Å². The first kappa shape index (κ1) is 12.4. The molecule has 0 aliphatic rings. The molecule has 3 nitrogen and oxygen atoms in total. The van der Waals surface area contributed by atoms with Gasteiger partial charge in [-0.25, -0.2) is 0 Å². The van der Waals surface area contributed by atoms with Gasteiger partial charge < -0.3 is 11.1 Å². The Morgan fingerprint density at radius 2 is 1.85 bits per heavy atom. The molecule has 3 N–H and O–H groups in total. The largest absolute Gasteiger partial charge is 0.368 e. The van der Waals surface area contributed by atoms with E-state index in [9.17, 15) is 4.79 Å². The van der Waals surface area contributed by atoms with E-state index < -0.39 is 5.54 Å². The first-order valence-electron chi connectivity index (χ1n) is 4.99. The summed E-state index contributed by atoms with van der Waals surface area (Å²) in [7, 11) is 0. The molecule has 0 fully saturated rings. The van der Waals surface area contributed by atoms with Crippen molar-refractivity contribution in [1.29, 1.82) is 0 Å². The van der Waals surface area contributed by atoms with Crippen LogP contribution in [0.2, 0.25) is 0 Å². The van der Waals surface area contributed by atoms with Crippen LogP contribution in [0, 0.1) is 5.92 Å². The Kier molecular flexibility index (Phi) is 4.99. The van der Waals surface area contributed by atoms with Crippen LogP contribution in [0.1, 0.15) is 40.5 Å². The summed E-state index contributed by atoms with van der Waals surface area (Å²) in [6, 6.07) is 0. The van der Waals surface area contributed by atoms with Crippen LogP contribution in [0.25, 0.3) is 0 Å². The molecule has 0 aliphatic carbocycles. The van der Waals surface area contributed by atoms with E-state index >= 15 is 0 Å². The van der Waals surface area contributed by atoms with E-state index in [0.29, 0.717) is 5.92 Å². The molecule has 78 valence electrons. The number of rotatable bonds is 6. The van der Waals surface area contributed by atoms with Crippen molar-refractivity contribution >= 4 is 5.91 Å². The minimum atomic E-state index is -0.581. The quantitative estimate of drug-likeness (QED) is 0.656. The fourth-order valence-electron chi connectivity index (χ4n) is 1.06. The van der Waals surface area contributed by atoms with Crippen molar-refractivity contribution in [1.82, 2.24) is 5.32 Å². The molecule has 1 amide bonds. The predicted molar refractivity (Wildman–Crippen MR) is 55.3 cm³/mol. The number of nitrogens with two attached hydrogens (primary N) is 1. The molecule has 0 rings (SSSR count). The number of hydrogen-bond acceptors (Lipinski definition) is 2. The molecule has 0 heterocycles. The predicted octanol–water partition coefficient (Wildman–Crippen LogP) is 1.28. The summed E-state index contributed by atoms with van der Waals surface area (Å²) in [5.74, 6) is 0.345. The minimum Gasteiger partial charge on any atom is -0.368 e. The smallest absolute Gasteiger partial charge is 0.237 e. The van der Waals surface area contributed by atoms with Crippen molar-refractivity contribution in [2.45, 2.75) is 46.1 Å². The number of hydrogen-bond donors (Lipinski definition) is 2. The van der Waals surface area contributed by atoms with Crippen LogP contribution in [0.3, 0.4) is 0 Å². The SMILES string of the molecule is CCC(CC)CNC(C)(C)C(N)=O. The Labute approximate surface area is 81.1 Å². The molecule has 0 saturated heterocycles. The third kappa shape index (κ3) is 4.27. The average molecular weight is 186 g/mol. The molecule has 0 aromatic heterocycles. The van der Waals surface area contributed by atoms with Crippen molar-refractivity contribution in [3.8, 4) is 0 Å². The van der Waals surface area contributed by atoms with Gasteiger partial charge in [-0.1, -0.05) is 26.7 Å². The zero-order valence-electron chi connectivity index (χ0n) is 9.18. The van der Waals surface area contributed by atoms with E-state index in [1.165, 1.54) is 0 Å². The van der Waals surface area contributed by atoms with Crippen molar-refractivity contribution in [3.05, 3.63) is 0 Å². The topological polar surface area (TPSA) is 55.1 Å². The molecule has 3 heteroatoms. The minimum absolute atomic E-state index is 0.293. The van der Waals surface area contributed by atoms with Crippen LogP contribution in [0.5, 0.6) is 0 Å². The fourth-order valence-corrected chi connectivity index (χ4v) is 1.06. The highest BCUT2D eigenvalue weighted by molar-refractivity contribution is 5.83. The summed E-state index contributed by atoms with van der Waals surface area (Å²) in [5, 5.41) is 3.19. The van der Waals surface area contributed by atoms with E-state index in [-0.39, 0.29) is 5.91 Å². The van der Waals surface area contributed by atoms with E-state index in [2.05, 4.69) is 19.2 Å². The molecular weight excluding hydrogens is 164 g/mol. The molecule has 0 aromatic rings. The maximum absolute atomic E-state index is 11.0. The van der Waals surface area contributed by atoms with Gasteiger partial charge in [0.1, 0.15) is 0 Å². The molecule has 13 heavy (non-hydrogen) atoms. The average Bonchev–Trinajstić information content (AvgIpc) is 2.06. The molecule has 0 atom stereocenters. The summed E-state index contributed by atoms with van der Waals surface area (Å²) in [6.45, 7) is 8.82. The van der Waals surface area contributed by atoms with Gasteiger partial charge in [-0.3, -0.25) is 4.79 Å². The Morgan fingerprint density at radius 3 is 2.15 bits per heavy atom. The molecule has 0 spiro atoms. The van der Waals surface area contributed by atoms with Gasteiger partial charge >= 0.3 is 0 Å². The Balaban J connectivity index is 3.92. The number of nitrogens with one attached hydrogen (secondary N) is 1. The van der Waals surface area contributed by atoms with Crippen LogP contribution in [-0.2, 0) is 4.79 Å². The summed E-state index contributed by atoms with van der Waals surface area (Å²) < 4.78 is 0. The second kappa shape index (κ2) is 5.22. The molecule has 0 aromatic carbocycles. The number of primary amides is 1. The van der Waals surface area contributed by atoms with E-state index in [0.717, 1.165) is 19.4 Å². The highest BCUT2D eigenvalue weighted by atomic mass is 16.1. The monoisotopic (exact) mass is 186 g/mol. The molecule has 0 unspecified atom stereocenters. The zero-order valence-corrected chi connectivity index (χ0v) is 9.18. The van der Waals surface area contributed by atoms with Crippen LogP contribution < -0.4 is 11.1 Å². The third-order valence-electron chi connectivity index (χ3n) is 2.60. The van der Waals surface area contributed by atoms with Gasteiger partial charge in [-0.15, -0.1) is 0 Å². The summed E-state index contributed by atoms with van der Waals surface area (Å²) in [5.41, 5.74) is 4.66. The number of carbonyl (C=O) groups excluding carboxylic acids is 1. The molecule has 0 bridgehead atoms. The lowest BCUT2D eigenvalue weighted by atomic mass is 10.00. The Hall–Kier alpha value is -0.570. The van der Waals surface area contributed by atoms with Gasteiger partial charge in [0.25, 0.3) is 0 Å².